The predicted octanol–water partition coefficient (Wildman–Crippen LogP) is 2.50. The van der Waals surface area contributed by atoms with Crippen molar-refractivity contribution in [3.05, 3.63) is 35.9 Å². The number of unbranched alkanes of at least 4 members (excludes halogenated alkanes) is 1. The van der Waals surface area contributed by atoms with Crippen LogP contribution in [0.4, 0.5) is 0 Å². The summed E-state index contributed by atoms with van der Waals surface area (Å²) in [6, 6.07) is 10.3. The summed E-state index contributed by atoms with van der Waals surface area (Å²) >= 11 is 0. The molecular formula is C19H28N2O3. The Bertz CT molecular complexity index is 537. The minimum absolute atomic E-state index is 0.0567. The molecule has 1 saturated heterocycles. The molecule has 0 atom stereocenters. The molecule has 132 valence electrons. The molecule has 1 aromatic rings. The van der Waals surface area contributed by atoms with Gasteiger partial charge in [-0.1, -0.05) is 43.7 Å². The number of amides is 1. The van der Waals surface area contributed by atoms with Crippen molar-refractivity contribution >= 4 is 11.9 Å². The third-order valence-corrected chi connectivity index (χ3v) is 4.67. The molecule has 1 aliphatic heterocycles. The van der Waals surface area contributed by atoms with Crippen LogP contribution in [0.1, 0.15) is 44.6 Å². The molecule has 1 aromatic carbocycles. The molecule has 0 bridgehead atoms. The second kappa shape index (κ2) is 8.83. The van der Waals surface area contributed by atoms with Gasteiger partial charge in [0.2, 0.25) is 5.91 Å². The second-order valence-corrected chi connectivity index (χ2v) is 6.49. The van der Waals surface area contributed by atoms with Gasteiger partial charge in [-0.15, -0.1) is 0 Å². The maximum Gasteiger partial charge on any atom is 0.331 e. The lowest BCUT2D eigenvalue weighted by molar-refractivity contribution is -0.153. The summed E-state index contributed by atoms with van der Waals surface area (Å²) in [7, 11) is 1.39. The van der Waals surface area contributed by atoms with Crippen LogP contribution in [0.2, 0.25) is 0 Å². The summed E-state index contributed by atoms with van der Waals surface area (Å²) in [6.07, 6.45) is 3.43. The summed E-state index contributed by atoms with van der Waals surface area (Å²) in [6.45, 7) is 4.43. The Balaban J connectivity index is 1.96. The molecule has 1 aliphatic rings. The number of esters is 1. The number of rotatable bonds is 7. The maximum atomic E-state index is 12.3. The zero-order valence-electron chi connectivity index (χ0n) is 14.7. The number of carbonyl (C=O) groups excluding carboxylic acids is 2. The van der Waals surface area contributed by atoms with E-state index in [4.69, 9.17) is 4.74 Å². The van der Waals surface area contributed by atoms with Crippen molar-refractivity contribution in [2.75, 3.05) is 20.2 Å². The molecule has 5 nitrogen and oxygen atoms in total. The van der Waals surface area contributed by atoms with Gasteiger partial charge in [-0.25, -0.2) is 4.79 Å². The van der Waals surface area contributed by atoms with E-state index in [1.807, 2.05) is 25.1 Å². The lowest BCUT2D eigenvalue weighted by Gasteiger charge is -2.40. The summed E-state index contributed by atoms with van der Waals surface area (Å²) in [4.78, 5) is 26.8. The van der Waals surface area contributed by atoms with Crippen LogP contribution in [0.15, 0.2) is 30.3 Å². The van der Waals surface area contributed by atoms with Gasteiger partial charge in [0.05, 0.1) is 7.11 Å². The van der Waals surface area contributed by atoms with Gasteiger partial charge in [-0.3, -0.25) is 9.69 Å². The van der Waals surface area contributed by atoms with E-state index in [0.717, 1.165) is 32.5 Å². The fraction of sp³-hybridized carbons (Fsp3) is 0.579. The SMILES string of the molecule is CCCCC(=O)NC1(C(=O)OC)CCN(Cc2ccccc2)CC1. The molecule has 2 rings (SSSR count). The fourth-order valence-corrected chi connectivity index (χ4v) is 3.18. The van der Waals surface area contributed by atoms with Crippen molar-refractivity contribution < 1.29 is 14.3 Å². The number of benzene rings is 1. The van der Waals surface area contributed by atoms with Crippen LogP contribution in [0.25, 0.3) is 0 Å². The van der Waals surface area contributed by atoms with Gasteiger partial charge in [-0.05, 0) is 24.8 Å². The lowest BCUT2D eigenvalue weighted by atomic mass is 9.87. The highest BCUT2D eigenvalue weighted by Crippen LogP contribution is 2.25. The Hall–Kier alpha value is -1.88. The Morgan fingerprint density at radius 3 is 2.46 bits per heavy atom. The molecule has 5 heteroatoms. The third kappa shape index (κ3) is 4.81. The van der Waals surface area contributed by atoms with E-state index in [-0.39, 0.29) is 11.9 Å². The largest absolute Gasteiger partial charge is 0.467 e. The number of hydrogen-bond acceptors (Lipinski definition) is 4. The first-order chi connectivity index (χ1) is 11.6. The Labute approximate surface area is 144 Å². The number of ether oxygens (including phenoxy) is 1. The van der Waals surface area contributed by atoms with E-state index in [9.17, 15) is 9.59 Å². The van der Waals surface area contributed by atoms with E-state index < -0.39 is 5.54 Å². The maximum absolute atomic E-state index is 12.3. The van der Waals surface area contributed by atoms with Crippen LogP contribution < -0.4 is 5.32 Å². The van der Waals surface area contributed by atoms with E-state index in [0.29, 0.717) is 19.3 Å². The minimum atomic E-state index is -0.868. The molecule has 24 heavy (non-hydrogen) atoms. The molecule has 1 N–H and O–H groups in total. The standard InChI is InChI=1S/C19H28N2O3/c1-3-4-10-17(22)20-19(18(23)24-2)11-13-21(14-12-19)15-16-8-6-5-7-9-16/h5-9H,3-4,10-15H2,1-2H3,(H,20,22). The summed E-state index contributed by atoms with van der Waals surface area (Å²) in [5.74, 6) is -0.384. The van der Waals surface area contributed by atoms with E-state index in [1.165, 1.54) is 12.7 Å². The van der Waals surface area contributed by atoms with Crippen molar-refractivity contribution in [2.24, 2.45) is 0 Å². The summed E-state index contributed by atoms with van der Waals surface area (Å²) < 4.78 is 4.98. The zero-order valence-corrected chi connectivity index (χ0v) is 14.7. The predicted molar refractivity (Wildman–Crippen MR) is 93.4 cm³/mol. The van der Waals surface area contributed by atoms with Gasteiger partial charge >= 0.3 is 5.97 Å². The van der Waals surface area contributed by atoms with Gasteiger partial charge < -0.3 is 10.1 Å². The van der Waals surface area contributed by atoms with E-state index >= 15 is 0 Å². The average Bonchev–Trinajstić information content (AvgIpc) is 2.62. The third-order valence-electron chi connectivity index (χ3n) is 4.67. The van der Waals surface area contributed by atoms with Gasteiger partial charge in [0.25, 0.3) is 0 Å². The van der Waals surface area contributed by atoms with Crippen LogP contribution in [-0.4, -0.2) is 42.5 Å². The van der Waals surface area contributed by atoms with Crippen LogP contribution in [-0.2, 0) is 20.9 Å². The number of hydrogen-bond donors (Lipinski definition) is 1. The lowest BCUT2D eigenvalue weighted by Crippen LogP contribution is -2.60. The van der Waals surface area contributed by atoms with E-state index in [1.54, 1.807) is 0 Å². The number of carbonyl (C=O) groups is 2. The number of piperidine rings is 1. The first-order valence-corrected chi connectivity index (χ1v) is 8.75. The van der Waals surface area contributed by atoms with Crippen LogP contribution in [0.5, 0.6) is 0 Å². The van der Waals surface area contributed by atoms with Gasteiger partial charge in [0, 0.05) is 26.1 Å². The normalized spacial score (nSPS) is 17.2. The first-order valence-electron chi connectivity index (χ1n) is 8.75. The molecule has 0 spiro atoms. The molecule has 1 amide bonds. The minimum Gasteiger partial charge on any atom is -0.467 e. The smallest absolute Gasteiger partial charge is 0.331 e. The Morgan fingerprint density at radius 1 is 1.21 bits per heavy atom. The number of nitrogens with one attached hydrogen (secondary N) is 1. The Kier molecular flexibility index (Phi) is 6.79. The monoisotopic (exact) mass is 332 g/mol. The van der Waals surface area contributed by atoms with Crippen LogP contribution >= 0.6 is 0 Å². The van der Waals surface area contributed by atoms with Gasteiger partial charge in [0.1, 0.15) is 5.54 Å². The van der Waals surface area contributed by atoms with Crippen LogP contribution in [0, 0.1) is 0 Å². The number of likely N-dealkylation sites (tertiary alicyclic amines) is 1. The fourth-order valence-electron chi connectivity index (χ4n) is 3.18. The van der Waals surface area contributed by atoms with Crippen molar-refractivity contribution in [3.8, 4) is 0 Å². The van der Waals surface area contributed by atoms with Crippen molar-refractivity contribution in [1.29, 1.82) is 0 Å². The number of methoxy groups -OCH3 is 1. The topological polar surface area (TPSA) is 58.6 Å². The highest BCUT2D eigenvalue weighted by atomic mass is 16.5. The molecule has 0 aromatic heterocycles. The zero-order chi connectivity index (χ0) is 17.4. The second-order valence-electron chi connectivity index (χ2n) is 6.49. The van der Waals surface area contributed by atoms with E-state index in [2.05, 4.69) is 22.3 Å². The molecule has 0 radical (unpaired) electrons. The van der Waals surface area contributed by atoms with Crippen molar-refractivity contribution in [1.82, 2.24) is 10.2 Å². The average molecular weight is 332 g/mol. The molecule has 0 aliphatic carbocycles. The number of nitrogens with zero attached hydrogens (tertiary/aromatic N) is 1. The molecule has 0 unspecified atom stereocenters. The summed E-state index contributed by atoms with van der Waals surface area (Å²) in [5, 5.41) is 2.96. The first kappa shape index (κ1) is 18.5. The van der Waals surface area contributed by atoms with Gasteiger partial charge in [-0.2, -0.15) is 0 Å². The van der Waals surface area contributed by atoms with Crippen LogP contribution in [0.3, 0.4) is 0 Å². The molecular weight excluding hydrogens is 304 g/mol. The highest BCUT2D eigenvalue weighted by Gasteiger charge is 2.43. The summed E-state index contributed by atoms with van der Waals surface area (Å²) in [5.41, 5.74) is 0.391. The van der Waals surface area contributed by atoms with Gasteiger partial charge in [0.15, 0.2) is 0 Å². The van der Waals surface area contributed by atoms with Crippen molar-refractivity contribution in [3.63, 3.8) is 0 Å². The molecule has 0 saturated carbocycles. The molecule has 1 heterocycles. The molecule has 1 fully saturated rings. The highest BCUT2D eigenvalue weighted by molar-refractivity contribution is 5.88. The quantitative estimate of drug-likeness (QED) is 0.780. The van der Waals surface area contributed by atoms with Crippen molar-refractivity contribution in [2.45, 2.75) is 51.1 Å². The Morgan fingerprint density at radius 2 is 1.88 bits per heavy atom.